The van der Waals surface area contributed by atoms with E-state index >= 15 is 0 Å². The maximum absolute atomic E-state index is 9.15. The van der Waals surface area contributed by atoms with E-state index in [2.05, 4.69) is 6.92 Å². The summed E-state index contributed by atoms with van der Waals surface area (Å²) in [6.45, 7) is 2.75. The van der Waals surface area contributed by atoms with Crippen LogP contribution < -0.4 is 0 Å². The number of hydrogen-bond donors (Lipinski definition) is 1. The van der Waals surface area contributed by atoms with E-state index in [1.165, 1.54) is 57.8 Å². The second-order valence-corrected chi connectivity index (χ2v) is 6.19. The first-order valence-electron chi connectivity index (χ1n) is 7.44. The van der Waals surface area contributed by atoms with Crippen molar-refractivity contribution in [2.24, 2.45) is 23.7 Å². The van der Waals surface area contributed by atoms with Gasteiger partial charge in [-0.2, -0.15) is 0 Å². The predicted molar refractivity (Wildman–Crippen MR) is 68.3 cm³/mol. The highest BCUT2D eigenvalue weighted by Gasteiger charge is 2.32. The molecule has 0 spiro atoms. The largest absolute Gasteiger partial charge is 0.396 e. The highest BCUT2D eigenvalue weighted by atomic mass is 16.3. The molecule has 1 N–H and O–H groups in total. The summed E-state index contributed by atoms with van der Waals surface area (Å²) in [5.74, 6) is 3.72. The van der Waals surface area contributed by atoms with E-state index in [1.807, 2.05) is 0 Å². The molecule has 2 unspecified atom stereocenters. The number of aliphatic hydroxyl groups excluding tert-OH is 1. The van der Waals surface area contributed by atoms with Crippen LogP contribution in [-0.2, 0) is 0 Å². The van der Waals surface area contributed by atoms with E-state index in [1.54, 1.807) is 0 Å². The van der Waals surface area contributed by atoms with Gasteiger partial charge >= 0.3 is 0 Å². The summed E-state index contributed by atoms with van der Waals surface area (Å²) >= 11 is 0. The Labute approximate surface area is 101 Å². The first-order valence-corrected chi connectivity index (χ1v) is 7.44. The Hall–Kier alpha value is -0.0400. The fraction of sp³-hybridized carbons (Fsp3) is 1.00. The summed E-state index contributed by atoms with van der Waals surface area (Å²) in [5.41, 5.74) is 0. The number of rotatable bonds is 4. The van der Waals surface area contributed by atoms with E-state index < -0.39 is 0 Å². The van der Waals surface area contributed by atoms with Gasteiger partial charge in [0.1, 0.15) is 0 Å². The SMILES string of the molecule is CCCC1CCC(C2CCC(CO)CC2)C1. The fourth-order valence-electron chi connectivity index (χ4n) is 4.05. The minimum Gasteiger partial charge on any atom is -0.396 e. The Morgan fingerprint density at radius 2 is 1.50 bits per heavy atom. The Morgan fingerprint density at radius 1 is 0.875 bits per heavy atom. The third-order valence-electron chi connectivity index (χ3n) is 5.09. The zero-order chi connectivity index (χ0) is 11.4. The van der Waals surface area contributed by atoms with Gasteiger partial charge < -0.3 is 5.11 Å². The smallest absolute Gasteiger partial charge is 0.0459 e. The molecular formula is C15H28O. The standard InChI is InChI=1S/C15H28O/c1-2-3-12-4-9-15(10-12)14-7-5-13(11-16)6-8-14/h12-16H,2-11H2,1H3. The molecule has 0 saturated heterocycles. The molecule has 0 bridgehead atoms. The normalized spacial score (nSPS) is 40.1. The summed E-state index contributed by atoms with van der Waals surface area (Å²) in [7, 11) is 0. The van der Waals surface area contributed by atoms with E-state index in [4.69, 9.17) is 5.11 Å². The maximum atomic E-state index is 9.15. The molecule has 0 aromatic carbocycles. The van der Waals surface area contributed by atoms with Crippen molar-refractivity contribution in [3.8, 4) is 0 Å². The highest BCUT2D eigenvalue weighted by Crippen LogP contribution is 2.44. The molecule has 2 aliphatic rings. The lowest BCUT2D eigenvalue weighted by Gasteiger charge is -2.31. The first kappa shape index (κ1) is 12.4. The van der Waals surface area contributed by atoms with Gasteiger partial charge in [-0.15, -0.1) is 0 Å². The summed E-state index contributed by atoms with van der Waals surface area (Å²) in [5, 5.41) is 9.15. The Balaban J connectivity index is 1.73. The molecule has 0 radical (unpaired) electrons. The van der Waals surface area contributed by atoms with Gasteiger partial charge in [0.25, 0.3) is 0 Å². The van der Waals surface area contributed by atoms with Crippen molar-refractivity contribution in [2.75, 3.05) is 6.61 Å². The van der Waals surface area contributed by atoms with E-state index in [-0.39, 0.29) is 0 Å². The van der Waals surface area contributed by atoms with Crippen molar-refractivity contribution in [3.05, 3.63) is 0 Å². The van der Waals surface area contributed by atoms with Crippen molar-refractivity contribution in [3.63, 3.8) is 0 Å². The molecule has 0 amide bonds. The highest BCUT2D eigenvalue weighted by molar-refractivity contribution is 4.83. The van der Waals surface area contributed by atoms with Crippen LogP contribution in [-0.4, -0.2) is 11.7 Å². The average Bonchev–Trinajstić information content (AvgIpc) is 2.78. The second-order valence-electron chi connectivity index (χ2n) is 6.19. The topological polar surface area (TPSA) is 20.2 Å². The predicted octanol–water partition coefficient (Wildman–Crippen LogP) is 4.00. The molecule has 1 nitrogen and oxygen atoms in total. The molecule has 94 valence electrons. The van der Waals surface area contributed by atoms with Gasteiger partial charge in [0, 0.05) is 6.61 Å². The molecule has 2 aliphatic carbocycles. The van der Waals surface area contributed by atoms with Crippen LogP contribution in [0, 0.1) is 23.7 Å². The molecule has 2 fully saturated rings. The molecule has 16 heavy (non-hydrogen) atoms. The minimum atomic E-state index is 0.426. The quantitative estimate of drug-likeness (QED) is 0.765. The summed E-state index contributed by atoms with van der Waals surface area (Å²) < 4.78 is 0. The Morgan fingerprint density at radius 3 is 2.12 bits per heavy atom. The lowest BCUT2D eigenvalue weighted by Crippen LogP contribution is -2.22. The van der Waals surface area contributed by atoms with Crippen LogP contribution in [0.15, 0.2) is 0 Å². The zero-order valence-electron chi connectivity index (χ0n) is 10.8. The van der Waals surface area contributed by atoms with E-state index in [9.17, 15) is 0 Å². The molecule has 0 aromatic heterocycles. The van der Waals surface area contributed by atoms with Crippen molar-refractivity contribution in [2.45, 2.75) is 64.7 Å². The van der Waals surface area contributed by atoms with Crippen molar-refractivity contribution >= 4 is 0 Å². The summed E-state index contributed by atoms with van der Waals surface area (Å²) in [6.07, 6.45) is 12.7. The van der Waals surface area contributed by atoms with Gasteiger partial charge in [-0.1, -0.05) is 26.2 Å². The monoisotopic (exact) mass is 224 g/mol. The van der Waals surface area contributed by atoms with E-state index in [0.717, 1.165) is 17.8 Å². The molecule has 0 aromatic rings. The van der Waals surface area contributed by atoms with Crippen molar-refractivity contribution in [1.82, 2.24) is 0 Å². The molecule has 1 heteroatoms. The molecule has 0 aliphatic heterocycles. The lowest BCUT2D eigenvalue weighted by atomic mass is 9.75. The number of aliphatic hydroxyl groups is 1. The molecule has 0 heterocycles. The van der Waals surface area contributed by atoms with Gasteiger partial charge in [0.2, 0.25) is 0 Å². The van der Waals surface area contributed by atoms with Crippen molar-refractivity contribution in [1.29, 1.82) is 0 Å². The summed E-state index contributed by atoms with van der Waals surface area (Å²) in [6, 6.07) is 0. The van der Waals surface area contributed by atoms with Gasteiger partial charge in [-0.3, -0.25) is 0 Å². The molecule has 2 atom stereocenters. The Kier molecular flexibility index (Phi) is 4.69. The van der Waals surface area contributed by atoms with Crippen LogP contribution in [0.5, 0.6) is 0 Å². The van der Waals surface area contributed by atoms with Gasteiger partial charge in [-0.05, 0) is 62.2 Å². The van der Waals surface area contributed by atoms with Crippen LogP contribution in [0.25, 0.3) is 0 Å². The molecule has 2 rings (SSSR count). The first-order chi connectivity index (χ1) is 7.83. The average molecular weight is 224 g/mol. The fourth-order valence-corrected chi connectivity index (χ4v) is 4.05. The van der Waals surface area contributed by atoms with Crippen LogP contribution in [0.1, 0.15) is 64.7 Å². The molecule has 2 saturated carbocycles. The minimum absolute atomic E-state index is 0.426. The zero-order valence-corrected chi connectivity index (χ0v) is 10.8. The van der Waals surface area contributed by atoms with Crippen LogP contribution in [0.4, 0.5) is 0 Å². The third-order valence-corrected chi connectivity index (χ3v) is 5.09. The Bertz CT molecular complexity index is 194. The maximum Gasteiger partial charge on any atom is 0.0459 e. The van der Waals surface area contributed by atoms with Crippen LogP contribution in [0.3, 0.4) is 0 Å². The van der Waals surface area contributed by atoms with E-state index in [0.29, 0.717) is 12.5 Å². The van der Waals surface area contributed by atoms with Gasteiger partial charge in [0.05, 0.1) is 0 Å². The van der Waals surface area contributed by atoms with Crippen LogP contribution >= 0.6 is 0 Å². The molecular weight excluding hydrogens is 196 g/mol. The number of hydrogen-bond acceptors (Lipinski definition) is 1. The van der Waals surface area contributed by atoms with Gasteiger partial charge in [0.15, 0.2) is 0 Å². The second kappa shape index (κ2) is 6.05. The van der Waals surface area contributed by atoms with Crippen LogP contribution in [0.2, 0.25) is 0 Å². The van der Waals surface area contributed by atoms with Crippen molar-refractivity contribution < 1.29 is 5.11 Å². The van der Waals surface area contributed by atoms with Gasteiger partial charge in [-0.25, -0.2) is 0 Å². The summed E-state index contributed by atoms with van der Waals surface area (Å²) in [4.78, 5) is 0. The third kappa shape index (κ3) is 3.00. The lowest BCUT2D eigenvalue weighted by molar-refractivity contribution is 0.142.